The summed E-state index contributed by atoms with van der Waals surface area (Å²) in [4.78, 5) is 11.2. The van der Waals surface area contributed by atoms with E-state index in [4.69, 9.17) is 21.3 Å². The van der Waals surface area contributed by atoms with Crippen molar-refractivity contribution in [2.45, 2.75) is 6.92 Å². The van der Waals surface area contributed by atoms with Crippen LogP contribution in [0.5, 0.6) is 0 Å². The zero-order valence-corrected chi connectivity index (χ0v) is 8.63. The summed E-state index contributed by atoms with van der Waals surface area (Å²) in [6.07, 6.45) is 0. The third-order valence-corrected chi connectivity index (χ3v) is 2.54. The molecule has 0 radical (unpaired) electrons. The van der Waals surface area contributed by atoms with Gasteiger partial charge < -0.3 is 4.42 Å². The predicted octanol–water partition coefficient (Wildman–Crippen LogP) is 2.63. The molecule has 0 N–H and O–H groups in total. The Morgan fingerprint density at radius 2 is 2.13 bits per heavy atom. The summed E-state index contributed by atoms with van der Waals surface area (Å²) >= 11 is 5.92. The topological polar surface area (TPSA) is 54.0 Å². The van der Waals surface area contributed by atoms with Crippen molar-refractivity contribution >= 4 is 22.6 Å². The maximum atomic E-state index is 11.2. The van der Waals surface area contributed by atoms with Crippen molar-refractivity contribution in [2.24, 2.45) is 0 Å². The zero-order chi connectivity index (χ0) is 11.0. The van der Waals surface area contributed by atoms with Crippen molar-refractivity contribution in [3.8, 4) is 6.07 Å². The fraction of sp³-hybridized carbons (Fsp3) is 0.0909. The van der Waals surface area contributed by atoms with E-state index >= 15 is 0 Å². The van der Waals surface area contributed by atoms with E-state index < -0.39 is 5.63 Å². The molecule has 0 unspecified atom stereocenters. The average Bonchev–Trinajstić information content (AvgIpc) is 2.20. The van der Waals surface area contributed by atoms with Gasteiger partial charge in [0, 0.05) is 10.4 Å². The van der Waals surface area contributed by atoms with E-state index in [0.29, 0.717) is 16.0 Å². The molecular formula is C11H6ClNO2. The van der Waals surface area contributed by atoms with E-state index in [2.05, 4.69) is 0 Å². The number of nitriles is 1. The number of benzene rings is 1. The van der Waals surface area contributed by atoms with Crippen LogP contribution in [0, 0.1) is 18.3 Å². The summed E-state index contributed by atoms with van der Waals surface area (Å²) in [6, 6.07) is 6.61. The predicted molar refractivity (Wildman–Crippen MR) is 56.9 cm³/mol. The molecule has 3 nitrogen and oxygen atoms in total. The van der Waals surface area contributed by atoms with E-state index in [1.807, 2.05) is 6.92 Å². The molecule has 1 heterocycles. The molecule has 0 bridgehead atoms. The molecule has 4 heteroatoms. The van der Waals surface area contributed by atoms with Gasteiger partial charge in [0.05, 0.1) is 0 Å². The Hall–Kier alpha value is -1.79. The molecule has 0 saturated carbocycles. The minimum Gasteiger partial charge on any atom is -0.422 e. The highest BCUT2D eigenvalue weighted by molar-refractivity contribution is 6.32. The highest BCUT2D eigenvalue weighted by Crippen LogP contribution is 2.22. The van der Waals surface area contributed by atoms with Gasteiger partial charge in [-0.15, -0.1) is 0 Å². The van der Waals surface area contributed by atoms with Crippen molar-refractivity contribution in [1.29, 1.82) is 5.26 Å². The van der Waals surface area contributed by atoms with Crippen LogP contribution < -0.4 is 5.63 Å². The Labute approximate surface area is 90.5 Å². The van der Waals surface area contributed by atoms with Crippen molar-refractivity contribution in [3.63, 3.8) is 0 Å². The molecule has 2 rings (SSSR count). The third-order valence-electron chi connectivity index (χ3n) is 2.13. The second-order valence-corrected chi connectivity index (χ2v) is 3.61. The molecule has 2 aromatic rings. The maximum absolute atomic E-state index is 11.2. The van der Waals surface area contributed by atoms with Crippen LogP contribution in [-0.4, -0.2) is 0 Å². The minimum absolute atomic E-state index is 0.0116. The summed E-state index contributed by atoms with van der Waals surface area (Å²) in [5.41, 5.74) is 0.645. The highest BCUT2D eigenvalue weighted by Gasteiger charge is 2.06. The fourth-order valence-electron chi connectivity index (χ4n) is 1.32. The van der Waals surface area contributed by atoms with Crippen LogP contribution in [0.2, 0.25) is 5.02 Å². The van der Waals surface area contributed by atoms with Gasteiger partial charge in [-0.3, -0.25) is 0 Å². The van der Waals surface area contributed by atoms with Gasteiger partial charge in [-0.05, 0) is 30.7 Å². The summed E-state index contributed by atoms with van der Waals surface area (Å²) in [5.74, 6) is 0. The molecule has 74 valence electrons. The molecule has 0 aliphatic rings. The number of hydrogen-bond acceptors (Lipinski definition) is 3. The van der Waals surface area contributed by atoms with Crippen molar-refractivity contribution in [1.82, 2.24) is 0 Å². The lowest BCUT2D eigenvalue weighted by Gasteiger charge is -2.00. The first kappa shape index (κ1) is 9.75. The second kappa shape index (κ2) is 3.41. The van der Waals surface area contributed by atoms with E-state index in [0.717, 1.165) is 5.56 Å². The Morgan fingerprint density at radius 1 is 1.40 bits per heavy atom. The number of halogens is 1. The molecule has 0 aliphatic carbocycles. The van der Waals surface area contributed by atoms with Crippen molar-refractivity contribution in [3.05, 3.63) is 44.8 Å². The van der Waals surface area contributed by atoms with Crippen LogP contribution in [0.25, 0.3) is 11.0 Å². The third kappa shape index (κ3) is 1.60. The summed E-state index contributed by atoms with van der Waals surface area (Å²) in [6.45, 7) is 1.82. The van der Waals surface area contributed by atoms with Crippen LogP contribution in [0.1, 0.15) is 11.1 Å². The molecular weight excluding hydrogens is 214 g/mol. The van der Waals surface area contributed by atoms with Crippen molar-refractivity contribution < 1.29 is 4.42 Å². The van der Waals surface area contributed by atoms with Gasteiger partial charge in [-0.25, -0.2) is 4.79 Å². The van der Waals surface area contributed by atoms with Gasteiger partial charge in [-0.2, -0.15) is 5.26 Å². The van der Waals surface area contributed by atoms with Gasteiger partial charge in [-0.1, -0.05) is 11.6 Å². The van der Waals surface area contributed by atoms with E-state index in [-0.39, 0.29) is 5.56 Å². The van der Waals surface area contributed by atoms with Gasteiger partial charge in [0.15, 0.2) is 0 Å². The molecule has 0 atom stereocenters. The van der Waals surface area contributed by atoms with E-state index in [1.54, 1.807) is 18.2 Å². The number of nitrogens with zero attached hydrogens (tertiary/aromatic N) is 1. The molecule has 15 heavy (non-hydrogen) atoms. The molecule has 0 aliphatic heterocycles. The van der Waals surface area contributed by atoms with Gasteiger partial charge in [0.1, 0.15) is 17.2 Å². The number of aryl methyl sites for hydroxylation is 1. The SMILES string of the molecule is Cc1cc2oc(=O)c(C#N)cc2cc1Cl. The summed E-state index contributed by atoms with van der Waals surface area (Å²) < 4.78 is 4.98. The highest BCUT2D eigenvalue weighted by atomic mass is 35.5. The minimum atomic E-state index is -0.619. The van der Waals surface area contributed by atoms with Gasteiger partial charge >= 0.3 is 5.63 Å². The number of rotatable bonds is 0. The average molecular weight is 220 g/mol. The van der Waals surface area contributed by atoms with Crippen LogP contribution in [0.15, 0.2) is 27.4 Å². The second-order valence-electron chi connectivity index (χ2n) is 3.20. The quantitative estimate of drug-likeness (QED) is 0.640. The Bertz CT molecular complexity index is 637. The first-order valence-electron chi connectivity index (χ1n) is 4.26. The monoisotopic (exact) mass is 219 g/mol. The standard InChI is InChI=1S/C11H6ClNO2/c1-6-2-10-7(4-9(6)12)3-8(5-13)11(14)15-10/h2-4H,1H3. The maximum Gasteiger partial charge on any atom is 0.354 e. The van der Waals surface area contributed by atoms with Crippen LogP contribution in [-0.2, 0) is 0 Å². The molecule has 1 aromatic heterocycles. The van der Waals surface area contributed by atoms with Gasteiger partial charge in [0.25, 0.3) is 0 Å². The van der Waals surface area contributed by atoms with E-state index in [1.165, 1.54) is 6.07 Å². The van der Waals surface area contributed by atoms with Crippen LogP contribution in [0.3, 0.4) is 0 Å². The lowest BCUT2D eigenvalue weighted by molar-refractivity contribution is 0.558. The normalized spacial score (nSPS) is 10.2. The zero-order valence-electron chi connectivity index (χ0n) is 7.87. The van der Waals surface area contributed by atoms with Crippen molar-refractivity contribution in [2.75, 3.05) is 0 Å². The molecule has 1 aromatic carbocycles. The Balaban J connectivity index is 2.90. The Kier molecular flexibility index (Phi) is 2.22. The number of hydrogen-bond donors (Lipinski definition) is 0. The smallest absolute Gasteiger partial charge is 0.354 e. The lowest BCUT2D eigenvalue weighted by Crippen LogP contribution is -2.03. The lowest BCUT2D eigenvalue weighted by atomic mass is 10.1. The molecule has 0 fully saturated rings. The Morgan fingerprint density at radius 3 is 2.80 bits per heavy atom. The van der Waals surface area contributed by atoms with Crippen LogP contribution in [0.4, 0.5) is 0 Å². The van der Waals surface area contributed by atoms with E-state index in [9.17, 15) is 4.79 Å². The molecule has 0 spiro atoms. The van der Waals surface area contributed by atoms with Gasteiger partial charge in [0.2, 0.25) is 0 Å². The summed E-state index contributed by atoms with van der Waals surface area (Å²) in [5, 5.41) is 9.90. The number of fused-ring (bicyclic) bond motifs is 1. The summed E-state index contributed by atoms with van der Waals surface area (Å²) in [7, 11) is 0. The largest absolute Gasteiger partial charge is 0.422 e. The molecule has 0 amide bonds. The molecule has 0 saturated heterocycles. The first-order chi connectivity index (χ1) is 7.11. The fourth-order valence-corrected chi connectivity index (χ4v) is 1.49. The first-order valence-corrected chi connectivity index (χ1v) is 4.63. The van der Waals surface area contributed by atoms with Crippen LogP contribution >= 0.6 is 11.6 Å².